The topological polar surface area (TPSA) is 94.3 Å². The number of primary sulfonamides is 1. The van der Waals surface area contributed by atoms with E-state index in [0.29, 0.717) is 0 Å². The monoisotopic (exact) mass is 317 g/mol. The van der Waals surface area contributed by atoms with Gasteiger partial charge in [0.2, 0.25) is 24.9 Å². The Labute approximate surface area is 116 Å². The predicted octanol–water partition coefficient (Wildman–Crippen LogP) is 1.26. The lowest BCUT2D eigenvalue weighted by Gasteiger charge is -2.24. The van der Waals surface area contributed by atoms with Crippen LogP contribution in [0.4, 0.5) is 4.39 Å². The van der Waals surface area contributed by atoms with Gasteiger partial charge in [-0.3, -0.25) is 0 Å². The molecule has 0 aliphatic heterocycles. The average Bonchev–Trinajstić information content (AvgIpc) is 2.38. The Morgan fingerprint density at radius 1 is 1.10 bits per heavy atom. The first-order valence-corrected chi connectivity index (χ1v) is 8.60. The van der Waals surface area contributed by atoms with Gasteiger partial charge in [-0.2, -0.15) is 0 Å². The third-order valence-electron chi connectivity index (χ3n) is 2.91. The molecule has 0 fully saturated rings. The Morgan fingerprint density at radius 2 is 1.70 bits per heavy atom. The van der Waals surface area contributed by atoms with Crippen molar-refractivity contribution in [3.63, 3.8) is 0 Å². The second-order valence-corrected chi connectivity index (χ2v) is 8.09. The van der Waals surface area contributed by atoms with Crippen molar-refractivity contribution < 1.29 is 21.2 Å². The molecule has 0 aromatic heterocycles. The van der Waals surface area contributed by atoms with Crippen LogP contribution in [-0.2, 0) is 19.9 Å². The van der Waals surface area contributed by atoms with Crippen LogP contribution in [0, 0.1) is 0 Å². The largest absolute Gasteiger partial charge is 0.238 e. The zero-order valence-electron chi connectivity index (χ0n) is 10.2. The molecule has 1 unspecified atom stereocenters. The van der Waals surface area contributed by atoms with E-state index in [2.05, 4.69) is 0 Å². The summed E-state index contributed by atoms with van der Waals surface area (Å²) in [6, 6.07) is 7.01. The molecule has 0 amide bonds. The first kappa shape index (κ1) is 14.9. The Balaban J connectivity index is 2.49. The number of sulfonamides is 1. The summed E-state index contributed by atoms with van der Waals surface area (Å²) in [5.74, 6) is 0. The second kappa shape index (κ2) is 4.80. The molecule has 1 aliphatic carbocycles. The number of alkyl halides is 1. The smallest absolute Gasteiger partial charge is 0.225 e. The fraction of sp³-hybridized carbons (Fsp3) is 0.167. The molecule has 2 rings (SSSR count). The molecule has 1 atom stereocenters. The highest BCUT2D eigenvalue weighted by Crippen LogP contribution is 2.37. The van der Waals surface area contributed by atoms with E-state index >= 15 is 0 Å². The SMILES string of the molecule is NS(=O)(=O)C1=CC=CC(F)(S(=O)(=O)c2ccccc2)C1. The Hall–Kier alpha value is -1.51. The number of benzene rings is 1. The van der Waals surface area contributed by atoms with Crippen molar-refractivity contribution in [3.05, 3.63) is 53.5 Å². The molecule has 0 bridgehead atoms. The molecule has 1 aliphatic rings. The Bertz CT molecular complexity index is 782. The van der Waals surface area contributed by atoms with Gasteiger partial charge < -0.3 is 0 Å². The number of halogens is 1. The van der Waals surface area contributed by atoms with E-state index < -0.39 is 36.2 Å². The fourth-order valence-electron chi connectivity index (χ4n) is 1.83. The third kappa shape index (κ3) is 2.54. The number of hydrogen-bond acceptors (Lipinski definition) is 4. The van der Waals surface area contributed by atoms with Crippen LogP contribution < -0.4 is 5.14 Å². The Kier molecular flexibility index (Phi) is 3.57. The van der Waals surface area contributed by atoms with E-state index in [9.17, 15) is 21.2 Å². The minimum Gasteiger partial charge on any atom is -0.225 e. The van der Waals surface area contributed by atoms with E-state index in [1.54, 1.807) is 6.07 Å². The van der Waals surface area contributed by atoms with E-state index in [4.69, 9.17) is 5.14 Å². The summed E-state index contributed by atoms with van der Waals surface area (Å²) in [7, 11) is -8.50. The standard InChI is InChI=1S/C12H12FNO4S2/c13-12(8-4-7-11(9-12)20(14,17)18)19(15,16)10-5-2-1-3-6-10/h1-8H,9H2,(H2,14,17,18). The average molecular weight is 317 g/mol. The van der Waals surface area contributed by atoms with Crippen LogP contribution in [0.15, 0.2) is 58.4 Å². The second-order valence-electron chi connectivity index (χ2n) is 4.32. The molecule has 1 aromatic rings. The molecular formula is C12H12FNO4S2. The van der Waals surface area contributed by atoms with Crippen LogP contribution in [-0.4, -0.2) is 21.8 Å². The summed E-state index contributed by atoms with van der Waals surface area (Å²) < 4.78 is 61.9. The van der Waals surface area contributed by atoms with Crippen molar-refractivity contribution in [2.75, 3.05) is 0 Å². The van der Waals surface area contributed by atoms with E-state index in [-0.39, 0.29) is 4.90 Å². The number of sulfone groups is 1. The van der Waals surface area contributed by atoms with Crippen LogP contribution in [0.2, 0.25) is 0 Å². The fourth-order valence-corrected chi connectivity index (χ4v) is 4.11. The maximum absolute atomic E-state index is 14.8. The summed E-state index contributed by atoms with van der Waals surface area (Å²) in [6.45, 7) is 0. The molecule has 20 heavy (non-hydrogen) atoms. The molecular weight excluding hydrogens is 305 g/mol. The highest BCUT2D eigenvalue weighted by Gasteiger charge is 2.46. The minimum atomic E-state index is -4.37. The molecule has 2 N–H and O–H groups in total. The van der Waals surface area contributed by atoms with Gasteiger partial charge in [0.05, 0.1) is 9.80 Å². The maximum Gasteiger partial charge on any atom is 0.238 e. The zero-order chi connectivity index (χ0) is 15.0. The van der Waals surface area contributed by atoms with Gasteiger partial charge in [0, 0.05) is 6.42 Å². The lowest BCUT2D eigenvalue weighted by atomic mass is 10.1. The molecule has 0 saturated heterocycles. The molecule has 0 radical (unpaired) electrons. The van der Waals surface area contributed by atoms with Crippen molar-refractivity contribution >= 4 is 19.9 Å². The number of allylic oxidation sites excluding steroid dienone is 3. The maximum atomic E-state index is 14.8. The minimum absolute atomic E-state index is 0.220. The van der Waals surface area contributed by atoms with Crippen LogP contribution in [0.25, 0.3) is 0 Å². The van der Waals surface area contributed by atoms with Crippen molar-refractivity contribution in [2.24, 2.45) is 5.14 Å². The van der Waals surface area contributed by atoms with Gasteiger partial charge in [0.15, 0.2) is 0 Å². The number of rotatable bonds is 3. The molecule has 0 spiro atoms. The van der Waals surface area contributed by atoms with Crippen LogP contribution in [0.5, 0.6) is 0 Å². The van der Waals surface area contributed by atoms with Gasteiger partial charge in [0.25, 0.3) is 0 Å². The quantitative estimate of drug-likeness (QED) is 0.908. The van der Waals surface area contributed by atoms with Crippen LogP contribution >= 0.6 is 0 Å². The van der Waals surface area contributed by atoms with Crippen LogP contribution in [0.1, 0.15) is 6.42 Å². The van der Waals surface area contributed by atoms with Gasteiger partial charge in [-0.05, 0) is 24.3 Å². The first-order valence-electron chi connectivity index (χ1n) is 5.57. The molecule has 8 heteroatoms. The summed E-state index contributed by atoms with van der Waals surface area (Å²) >= 11 is 0. The molecule has 0 saturated carbocycles. The first-order chi connectivity index (χ1) is 9.17. The summed E-state index contributed by atoms with van der Waals surface area (Å²) in [4.78, 5) is -0.676. The van der Waals surface area contributed by atoms with E-state index in [0.717, 1.165) is 18.2 Å². The lowest BCUT2D eigenvalue weighted by molar-refractivity contribution is 0.328. The molecule has 5 nitrogen and oxygen atoms in total. The summed E-state index contributed by atoms with van der Waals surface area (Å²) in [5.41, 5.74) is 0. The predicted molar refractivity (Wildman–Crippen MR) is 72.4 cm³/mol. The van der Waals surface area contributed by atoms with Crippen molar-refractivity contribution in [2.45, 2.75) is 16.3 Å². The van der Waals surface area contributed by atoms with E-state index in [1.807, 2.05) is 0 Å². The third-order valence-corrected chi connectivity index (χ3v) is 5.99. The number of hydrogen-bond donors (Lipinski definition) is 1. The highest BCUT2D eigenvalue weighted by atomic mass is 32.2. The van der Waals surface area contributed by atoms with Gasteiger partial charge in [-0.15, -0.1) is 0 Å². The van der Waals surface area contributed by atoms with E-state index in [1.165, 1.54) is 24.3 Å². The lowest BCUT2D eigenvalue weighted by Crippen LogP contribution is -2.35. The van der Waals surface area contributed by atoms with Crippen LogP contribution in [0.3, 0.4) is 0 Å². The van der Waals surface area contributed by atoms with Gasteiger partial charge in [0.1, 0.15) is 0 Å². The van der Waals surface area contributed by atoms with Crippen molar-refractivity contribution in [3.8, 4) is 0 Å². The highest BCUT2D eigenvalue weighted by molar-refractivity contribution is 7.94. The Morgan fingerprint density at radius 3 is 2.25 bits per heavy atom. The van der Waals surface area contributed by atoms with Gasteiger partial charge >= 0.3 is 0 Å². The van der Waals surface area contributed by atoms with Crippen molar-refractivity contribution in [1.82, 2.24) is 0 Å². The van der Waals surface area contributed by atoms with Gasteiger partial charge in [-0.25, -0.2) is 26.4 Å². The zero-order valence-corrected chi connectivity index (χ0v) is 11.9. The molecule has 108 valence electrons. The molecule has 1 aromatic carbocycles. The van der Waals surface area contributed by atoms with Gasteiger partial charge in [-0.1, -0.05) is 24.3 Å². The number of nitrogens with two attached hydrogens (primary N) is 1. The van der Waals surface area contributed by atoms with Crippen molar-refractivity contribution in [1.29, 1.82) is 0 Å². The summed E-state index contributed by atoms with van der Waals surface area (Å²) in [5, 5.41) is 2.09. The normalized spacial score (nSPS) is 23.4. The summed E-state index contributed by atoms with van der Waals surface area (Å²) in [6.07, 6.45) is 2.13. The molecule has 0 heterocycles.